The Labute approximate surface area is 91.8 Å². The molecule has 0 saturated carbocycles. The summed E-state index contributed by atoms with van der Waals surface area (Å²) in [4.78, 5) is 15.2. The van der Waals surface area contributed by atoms with Crippen LogP contribution in [0.2, 0.25) is 0 Å². The van der Waals surface area contributed by atoms with Crippen LogP contribution in [0.3, 0.4) is 0 Å². The molecule has 1 atom stereocenters. The van der Waals surface area contributed by atoms with Crippen LogP contribution in [0.5, 0.6) is 0 Å². The van der Waals surface area contributed by atoms with Crippen molar-refractivity contribution >= 4 is 21.7 Å². The van der Waals surface area contributed by atoms with Gasteiger partial charge in [0.15, 0.2) is 0 Å². The molecule has 0 aliphatic carbocycles. The summed E-state index contributed by atoms with van der Waals surface area (Å²) in [5.41, 5.74) is 6.04. The summed E-state index contributed by atoms with van der Waals surface area (Å²) in [7, 11) is 0. The average molecular weight is 257 g/mol. The first kappa shape index (κ1) is 11.3. The van der Waals surface area contributed by atoms with Gasteiger partial charge >= 0.3 is 0 Å². The Kier molecular flexibility index (Phi) is 3.39. The lowest BCUT2D eigenvalue weighted by atomic mass is 9.92. The lowest BCUT2D eigenvalue weighted by Crippen LogP contribution is -2.35. The second kappa shape index (κ2) is 4.19. The van der Waals surface area contributed by atoms with Crippen LogP contribution in [0.25, 0.3) is 0 Å². The van der Waals surface area contributed by atoms with E-state index in [-0.39, 0.29) is 5.78 Å². The molecule has 3 nitrogen and oxygen atoms in total. The van der Waals surface area contributed by atoms with Gasteiger partial charge in [0.1, 0.15) is 5.78 Å². The van der Waals surface area contributed by atoms with Gasteiger partial charge in [-0.2, -0.15) is 0 Å². The summed E-state index contributed by atoms with van der Waals surface area (Å²) >= 11 is 3.34. The van der Waals surface area contributed by atoms with E-state index in [9.17, 15) is 4.79 Å². The molecule has 1 heterocycles. The fraction of sp³-hybridized carbons (Fsp3) is 0.400. The molecule has 0 fully saturated rings. The van der Waals surface area contributed by atoms with Gasteiger partial charge in [0.05, 0.1) is 11.2 Å². The van der Waals surface area contributed by atoms with E-state index in [0.29, 0.717) is 6.42 Å². The van der Waals surface area contributed by atoms with Crippen LogP contribution in [-0.2, 0) is 10.3 Å². The van der Waals surface area contributed by atoms with Crippen molar-refractivity contribution in [1.82, 2.24) is 4.98 Å². The van der Waals surface area contributed by atoms with E-state index >= 15 is 0 Å². The number of carbonyl (C=O) groups excluding carboxylic acids is 1. The predicted octanol–water partition coefficient (Wildman–Crippen LogP) is 2.00. The number of nitrogens with two attached hydrogens (primary N) is 1. The summed E-state index contributed by atoms with van der Waals surface area (Å²) in [6, 6.07) is 3.66. The first-order valence-electron chi connectivity index (χ1n) is 4.32. The van der Waals surface area contributed by atoms with Gasteiger partial charge in [-0.1, -0.05) is 15.9 Å². The van der Waals surface area contributed by atoms with Gasteiger partial charge in [-0.15, -0.1) is 0 Å². The quantitative estimate of drug-likeness (QED) is 0.900. The molecule has 1 aromatic heterocycles. The molecule has 0 spiro atoms. The molecule has 2 N–H and O–H groups in total. The number of ketones is 1. The van der Waals surface area contributed by atoms with E-state index in [0.717, 1.165) is 10.2 Å². The molecule has 0 amide bonds. The zero-order chi connectivity index (χ0) is 10.8. The van der Waals surface area contributed by atoms with Crippen molar-refractivity contribution in [2.24, 2.45) is 5.73 Å². The van der Waals surface area contributed by atoms with Crippen LogP contribution in [0.4, 0.5) is 0 Å². The van der Waals surface area contributed by atoms with Crippen LogP contribution in [0, 0.1) is 0 Å². The van der Waals surface area contributed by atoms with Crippen LogP contribution < -0.4 is 5.73 Å². The Morgan fingerprint density at radius 3 is 2.86 bits per heavy atom. The average Bonchev–Trinajstić information content (AvgIpc) is 2.01. The Hall–Kier alpha value is -0.740. The number of pyridine rings is 1. The third-order valence-electron chi connectivity index (χ3n) is 1.92. The molecule has 0 aliphatic heterocycles. The molecule has 0 aliphatic rings. The standard InChI is InChI=1S/C10H13BrN2O/c1-7(14)6-10(2,12)9-5-8(11)3-4-13-9/h3-5H,6,12H2,1-2H3. The Morgan fingerprint density at radius 2 is 2.36 bits per heavy atom. The van der Waals surface area contributed by atoms with E-state index in [4.69, 9.17) is 5.73 Å². The molecule has 1 aromatic rings. The number of halogens is 1. The zero-order valence-corrected chi connectivity index (χ0v) is 9.84. The molecule has 14 heavy (non-hydrogen) atoms. The predicted molar refractivity (Wildman–Crippen MR) is 58.8 cm³/mol. The summed E-state index contributed by atoms with van der Waals surface area (Å²) in [5.74, 6) is 0.0665. The Bertz CT molecular complexity index is 350. The maximum atomic E-state index is 11.0. The number of rotatable bonds is 3. The fourth-order valence-electron chi connectivity index (χ4n) is 1.32. The van der Waals surface area contributed by atoms with Gasteiger partial charge < -0.3 is 5.73 Å². The van der Waals surface area contributed by atoms with E-state index in [2.05, 4.69) is 20.9 Å². The molecular weight excluding hydrogens is 244 g/mol. The molecule has 0 bridgehead atoms. The maximum absolute atomic E-state index is 11.0. The summed E-state index contributed by atoms with van der Waals surface area (Å²) < 4.78 is 0.919. The molecule has 0 aromatic carbocycles. The molecule has 0 saturated heterocycles. The van der Waals surface area contributed by atoms with Gasteiger partial charge in [0, 0.05) is 17.1 Å². The highest BCUT2D eigenvalue weighted by molar-refractivity contribution is 9.10. The van der Waals surface area contributed by atoms with Crippen LogP contribution in [0.1, 0.15) is 26.0 Å². The molecule has 1 unspecified atom stereocenters. The van der Waals surface area contributed by atoms with Crippen molar-refractivity contribution in [2.45, 2.75) is 25.8 Å². The van der Waals surface area contributed by atoms with Gasteiger partial charge in [-0.25, -0.2) is 0 Å². The van der Waals surface area contributed by atoms with Crippen molar-refractivity contribution < 1.29 is 4.79 Å². The minimum absolute atomic E-state index is 0.0665. The fourth-order valence-corrected chi connectivity index (χ4v) is 1.66. The minimum atomic E-state index is -0.685. The van der Waals surface area contributed by atoms with E-state index in [1.165, 1.54) is 6.92 Å². The van der Waals surface area contributed by atoms with Crippen molar-refractivity contribution in [3.63, 3.8) is 0 Å². The number of nitrogens with zero attached hydrogens (tertiary/aromatic N) is 1. The molecular formula is C10H13BrN2O. The lowest BCUT2D eigenvalue weighted by molar-refractivity contribution is -0.118. The number of aromatic nitrogens is 1. The second-order valence-corrected chi connectivity index (χ2v) is 4.57. The number of hydrogen-bond donors (Lipinski definition) is 1. The van der Waals surface area contributed by atoms with E-state index in [1.807, 2.05) is 19.1 Å². The number of hydrogen-bond acceptors (Lipinski definition) is 3. The second-order valence-electron chi connectivity index (χ2n) is 3.66. The number of Topliss-reactive ketones (excluding diaryl/α,β-unsaturated/α-hetero) is 1. The van der Waals surface area contributed by atoms with E-state index in [1.54, 1.807) is 6.20 Å². The molecule has 0 radical (unpaired) electrons. The van der Waals surface area contributed by atoms with Crippen molar-refractivity contribution in [3.05, 3.63) is 28.5 Å². The molecule has 76 valence electrons. The highest BCUT2D eigenvalue weighted by Crippen LogP contribution is 2.22. The zero-order valence-electron chi connectivity index (χ0n) is 8.25. The largest absolute Gasteiger partial charge is 0.320 e. The van der Waals surface area contributed by atoms with Crippen LogP contribution in [-0.4, -0.2) is 10.8 Å². The van der Waals surface area contributed by atoms with Crippen molar-refractivity contribution in [2.75, 3.05) is 0 Å². The van der Waals surface area contributed by atoms with Gasteiger partial charge in [-0.3, -0.25) is 9.78 Å². The Balaban J connectivity index is 2.97. The maximum Gasteiger partial charge on any atom is 0.132 e. The van der Waals surface area contributed by atoms with Crippen LogP contribution >= 0.6 is 15.9 Å². The van der Waals surface area contributed by atoms with Crippen molar-refractivity contribution in [3.8, 4) is 0 Å². The van der Waals surface area contributed by atoms with Gasteiger partial charge in [0.2, 0.25) is 0 Å². The SMILES string of the molecule is CC(=O)CC(C)(N)c1cc(Br)ccn1. The first-order chi connectivity index (χ1) is 6.42. The lowest BCUT2D eigenvalue weighted by Gasteiger charge is -2.22. The summed E-state index contributed by atoms with van der Waals surface area (Å²) in [6.07, 6.45) is 1.97. The molecule has 1 rings (SSSR count). The van der Waals surface area contributed by atoms with Crippen molar-refractivity contribution in [1.29, 1.82) is 0 Å². The highest BCUT2D eigenvalue weighted by Gasteiger charge is 2.24. The normalized spacial score (nSPS) is 14.9. The summed E-state index contributed by atoms with van der Waals surface area (Å²) in [6.45, 7) is 3.34. The first-order valence-corrected chi connectivity index (χ1v) is 5.11. The van der Waals surface area contributed by atoms with E-state index < -0.39 is 5.54 Å². The third-order valence-corrected chi connectivity index (χ3v) is 2.42. The minimum Gasteiger partial charge on any atom is -0.320 e. The summed E-state index contributed by atoms with van der Waals surface area (Å²) in [5, 5.41) is 0. The van der Waals surface area contributed by atoms with Crippen LogP contribution in [0.15, 0.2) is 22.8 Å². The molecule has 4 heteroatoms. The topological polar surface area (TPSA) is 56.0 Å². The van der Waals surface area contributed by atoms with Gasteiger partial charge in [-0.05, 0) is 26.0 Å². The van der Waals surface area contributed by atoms with Gasteiger partial charge in [0.25, 0.3) is 0 Å². The Morgan fingerprint density at radius 1 is 1.71 bits per heavy atom. The smallest absolute Gasteiger partial charge is 0.132 e. The highest BCUT2D eigenvalue weighted by atomic mass is 79.9. The third kappa shape index (κ3) is 2.89. The monoisotopic (exact) mass is 256 g/mol. The number of carbonyl (C=O) groups is 1.